The van der Waals surface area contributed by atoms with E-state index in [0.29, 0.717) is 37.7 Å². The van der Waals surface area contributed by atoms with E-state index < -0.39 is 27.9 Å². The summed E-state index contributed by atoms with van der Waals surface area (Å²) in [5.41, 5.74) is 2.56. The van der Waals surface area contributed by atoms with Gasteiger partial charge in [0, 0.05) is 11.3 Å². The fourth-order valence-corrected chi connectivity index (χ4v) is 5.67. The number of ketones is 1. The highest BCUT2D eigenvalue weighted by molar-refractivity contribution is 7.86. The van der Waals surface area contributed by atoms with Gasteiger partial charge in [0.25, 0.3) is 16.0 Å². The Kier molecular flexibility index (Phi) is 6.83. The Labute approximate surface area is 205 Å². The van der Waals surface area contributed by atoms with Crippen LogP contribution in [0.15, 0.2) is 81.9 Å². The summed E-state index contributed by atoms with van der Waals surface area (Å²) in [7, 11) is -4.40. The highest BCUT2D eigenvalue weighted by atomic mass is 32.2. The molecular formula is C24H20N4O5S2. The summed E-state index contributed by atoms with van der Waals surface area (Å²) in [5, 5.41) is 11.2. The van der Waals surface area contributed by atoms with Crippen LogP contribution in [-0.2, 0) is 19.7 Å². The maximum absolute atomic E-state index is 12.5. The van der Waals surface area contributed by atoms with Crippen LogP contribution in [0.2, 0.25) is 0 Å². The first-order valence-corrected chi connectivity index (χ1v) is 12.6. The predicted octanol–water partition coefficient (Wildman–Crippen LogP) is 5.20. The number of Topliss-reactive ketones (excluding diaryl/α,β-unsaturated/α-hetero) is 1. The zero-order chi connectivity index (χ0) is 25.2. The summed E-state index contributed by atoms with van der Waals surface area (Å²) in [6, 6.07) is 17.5. The maximum Gasteiger partial charge on any atom is 0.296 e. The van der Waals surface area contributed by atoms with Gasteiger partial charge in [0.2, 0.25) is 6.04 Å². The Hall–Kier alpha value is -3.80. The number of benzene rings is 3. The van der Waals surface area contributed by atoms with E-state index in [9.17, 15) is 22.6 Å². The van der Waals surface area contributed by atoms with Gasteiger partial charge in [-0.1, -0.05) is 24.3 Å². The number of anilines is 1. The first-order valence-electron chi connectivity index (χ1n) is 10.4. The molecule has 11 heteroatoms. The van der Waals surface area contributed by atoms with Crippen molar-refractivity contribution in [3.63, 3.8) is 0 Å². The van der Waals surface area contributed by atoms with Crippen molar-refractivity contribution >= 4 is 54.7 Å². The Morgan fingerprint density at radius 2 is 1.71 bits per heavy atom. The third kappa shape index (κ3) is 5.48. The molecule has 0 spiro atoms. The van der Waals surface area contributed by atoms with E-state index in [-0.39, 0.29) is 4.90 Å². The topological polar surface area (TPSA) is 138 Å². The number of amides is 1. The van der Waals surface area contributed by atoms with E-state index in [1.54, 1.807) is 67.6 Å². The second-order valence-corrected chi connectivity index (χ2v) is 10.0. The van der Waals surface area contributed by atoms with Crippen LogP contribution in [0.4, 0.5) is 11.4 Å². The number of aryl methyl sites for hydroxylation is 1. The van der Waals surface area contributed by atoms with Gasteiger partial charge in [-0.15, -0.1) is 11.3 Å². The highest BCUT2D eigenvalue weighted by Crippen LogP contribution is 2.36. The van der Waals surface area contributed by atoms with E-state index in [1.165, 1.54) is 6.92 Å². The van der Waals surface area contributed by atoms with E-state index in [2.05, 4.69) is 20.5 Å². The number of aromatic nitrogens is 1. The molecule has 0 aliphatic heterocycles. The van der Waals surface area contributed by atoms with Gasteiger partial charge in [-0.25, -0.2) is 4.98 Å². The molecule has 2 N–H and O–H groups in total. The molecule has 1 heterocycles. The number of fused-ring (bicyclic) bond motifs is 1. The van der Waals surface area contributed by atoms with Crippen LogP contribution in [0, 0.1) is 6.92 Å². The Morgan fingerprint density at radius 1 is 1.03 bits per heavy atom. The smallest absolute Gasteiger partial charge is 0.296 e. The summed E-state index contributed by atoms with van der Waals surface area (Å²) in [4.78, 5) is 28.8. The average molecular weight is 509 g/mol. The fraction of sp³-hybridized carbons (Fsp3) is 0.125. The van der Waals surface area contributed by atoms with Crippen molar-refractivity contribution in [2.24, 2.45) is 10.2 Å². The van der Waals surface area contributed by atoms with Crippen molar-refractivity contribution in [2.45, 2.75) is 24.8 Å². The number of para-hydroxylation sites is 1. The molecule has 9 nitrogen and oxygen atoms in total. The molecule has 0 aliphatic carbocycles. The van der Waals surface area contributed by atoms with Crippen molar-refractivity contribution < 1.29 is 22.6 Å². The van der Waals surface area contributed by atoms with Gasteiger partial charge < -0.3 is 5.32 Å². The summed E-state index contributed by atoms with van der Waals surface area (Å²) in [6.07, 6.45) is 0. The maximum atomic E-state index is 12.5. The lowest BCUT2D eigenvalue weighted by Gasteiger charge is -2.09. The van der Waals surface area contributed by atoms with Crippen molar-refractivity contribution in [3.05, 3.63) is 72.3 Å². The molecule has 1 aromatic heterocycles. The van der Waals surface area contributed by atoms with Crippen LogP contribution in [0.25, 0.3) is 20.8 Å². The van der Waals surface area contributed by atoms with Crippen LogP contribution in [0.3, 0.4) is 0 Å². The quantitative estimate of drug-likeness (QED) is 0.200. The van der Waals surface area contributed by atoms with E-state index in [4.69, 9.17) is 0 Å². The number of nitrogens with one attached hydrogen (secondary N) is 1. The fourth-order valence-electron chi connectivity index (χ4n) is 3.36. The second-order valence-electron chi connectivity index (χ2n) is 7.68. The van der Waals surface area contributed by atoms with Gasteiger partial charge in [-0.05, 0) is 61.9 Å². The Balaban J connectivity index is 1.56. The largest absolute Gasteiger partial charge is 0.324 e. The lowest BCUT2D eigenvalue weighted by atomic mass is 10.2. The number of thiazole rings is 1. The molecule has 0 saturated carbocycles. The van der Waals surface area contributed by atoms with Crippen molar-refractivity contribution in [2.75, 3.05) is 5.32 Å². The number of carbonyl (C=O) groups excluding carboxylic acids is 2. The third-order valence-corrected chi connectivity index (χ3v) is 7.35. The van der Waals surface area contributed by atoms with Crippen LogP contribution in [0.1, 0.15) is 12.5 Å². The number of hydrogen-bond acceptors (Lipinski definition) is 8. The molecule has 3 aromatic carbocycles. The SMILES string of the molecule is CC(=O)C(N=Nc1ccc(-c2nc3ccc(C)c(S(=O)(=O)O)c3s2)cc1)C(=O)Nc1ccccc1. The standard InChI is InChI=1S/C24H20N4O5S2/c1-14-8-13-19-21(22(14)35(31,32)33)34-24(26-19)16-9-11-18(12-10-16)27-28-20(15(2)29)23(30)25-17-6-4-3-5-7-17/h3-13,20H,1-2H3,(H,25,30)(H,31,32,33). The van der Waals surface area contributed by atoms with Gasteiger partial charge >= 0.3 is 0 Å². The minimum Gasteiger partial charge on any atom is -0.324 e. The lowest BCUT2D eigenvalue weighted by molar-refractivity contribution is -0.126. The molecule has 0 saturated heterocycles. The molecule has 1 unspecified atom stereocenters. The van der Waals surface area contributed by atoms with Crippen LogP contribution in [0.5, 0.6) is 0 Å². The first-order chi connectivity index (χ1) is 16.6. The van der Waals surface area contributed by atoms with Crippen LogP contribution in [-0.4, -0.2) is 35.7 Å². The third-order valence-electron chi connectivity index (χ3n) is 5.04. The van der Waals surface area contributed by atoms with Crippen LogP contribution >= 0.6 is 11.3 Å². The minimum absolute atomic E-state index is 0.145. The number of nitrogens with zero attached hydrogens (tertiary/aromatic N) is 3. The van der Waals surface area contributed by atoms with Gasteiger partial charge in [0.15, 0.2) is 5.78 Å². The van der Waals surface area contributed by atoms with Gasteiger partial charge in [-0.3, -0.25) is 14.1 Å². The number of hydrogen-bond donors (Lipinski definition) is 2. The molecule has 4 aromatic rings. The zero-order valence-corrected chi connectivity index (χ0v) is 20.3. The van der Waals surface area contributed by atoms with Gasteiger partial charge in [0.05, 0.1) is 15.9 Å². The molecule has 1 atom stereocenters. The van der Waals surface area contributed by atoms with Crippen molar-refractivity contribution in [1.82, 2.24) is 4.98 Å². The first kappa shape index (κ1) is 24.3. The normalized spacial score (nSPS) is 12.7. The zero-order valence-electron chi connectivity index (χ0n) is 18.7. The monoisotopic (exact) mass is 508 g/mol. The lowest BCUT2D eigenvalue weighted by Crippen LogP contribution is -2.31. The molecule has 0 fully saturated rings. The van der Waals surface area contributed by atoms with E-state index in [0.717, 1.165) is 11.3 Å². The summed E-state index contributed by atoms with van der Waals surface area (Å²) in [6.45, 7) is 2.88. The summed E-state index contributed by atoms with van der Waals surface area (Å²) < 4.78 is 33.7. The molecule has 35 heavy (non-hydrogen) atoms. The summed E-state index contributed by atoms with van der Waals surface area (Å²) >= 11 is 1.15. The minimum atomic E-state index is -4.40. The number of rotatable bonds is 7. The van der Waals surface area contributed by atoms with Gasteiger partial charge in [-0.2, -0.15) is 18.6 Å². The Morgan fingerprint density at radius 3 is 2.34 bits per heavy atom. The average Bonchev–Trinajstić information content (AvgIpc) is 3.23. The highest BCUT2D eigenvalue weighted by Gasteiger charge is 2.23. The van der Waals surface area contributed by atoms with E-state index in [1.807, 2.05) is 6.07 Å². The number of carbonyl (C=O) groups is 2. The second kappa shape index (κ2) is 9.82. The molecule has 4 rings (SSSR count). The Bertz CT molecular complexity index is 1550. The van der Waals surface area contributed by atoms with Crippen molar-refractivity contribution in [1.29, 1.82) is 0 Å². The molecule has 0 bridgehead atoms. The molecule has 1 amide bonds. The predicted molar refractivity (Wildman–Crippen MR) is 134 cm³/mol. The molecular weight excluding hydrogens is 488 g/mol. The van der Waals surface area contributed by atoms with Gasteiger partial charge in [0.1, 0.15) is 9.90 Å². The number of azo groups is 1. The molecule has 0 aliphatic rings. The molecule has 0 radical (unpaired) electrons. The summed E-state index contributed by atoms with van der Waals surface area (Å²) in [5.74, 6) is -1.03. The van der Waals surface area contributed by atoms with E-state index >= 15 is 0 Å². The van der Waals surface area contributed by atoms with Crippen molar-refractivity contribution in [3.8, 4) is 10.6 Å². The van der Waals surface area contributed by atoms with Crippen LogP contribution < -0.4 is 5.32 Å². The molecule has 178 valence electrons.